The molecule has 27 heavy (non-hydrogen) atoms. The summed E-state index contributed by atoms with van der Waals surface area (Å²) in [4.78, 5) is 26.4. The van der Waals surface area contributed by atoms with Crippen LogP contribution < -0.4 is 4.74 Å². The summed E-state index contributed by atoms with van der Waals surface area (Å²) in [6.07, 6.45) is 4.69. The molecule has 0 saturated carbocycles. The van der Waals surface area contributed by atoms with Crippen LogP contribution in [-0.4, -0.2) is 50.1 Å². The van der Waals surface area contributed by atoms with Crippen molar-refractivity contribution in [3.63, 3.8) is 0 Å². The van der Waals surface area contributed by atoms with Gasteiger partial charge in [-0.05, 0) is 12.1 Å². The highest BCUT2D eigenvalue weighted by Crippen LogP contribution is 2.31. The number of para-hydroxylation sites is 1. The lowest BCUT2D eigenvalue weighted by atomic mass is 10.1. The van der Waals surface area contributed by atoms with Crippen LogP contribution >= 0.6 is 0 Å². The van der Waals surface area contributed by atoms with Gasteiger partial charge in [0.25, 0.3) is 5.89 Å². The zero-order chi connectivity index (χ0) is 18.8. The molecular formula is C19H19N5O3. The van der Waals surface area contributed by atoms with Gasteiger partial charge in [-0.15, -0.1) is 0 Å². The minimum atomic E-state index is -0.0452. The van der Waals surface area contributed by atoms with Crippen LogP contribution in [0.4, 0.5) is 0 Å². The number of carbonyl (C=O) groups is 1. The van der Waals surface area contributed by atoms with Gasteiger partial charge in [-0.3, -0.25) is 9.78 Å². The summed E-state index contributed by atoms with van der Waals surface area (Å²) in [6, 6.07) is 7.48. The Hall–Kier alpha value is -3.29. The highest BCUT2D eigenvalue weighted by atomic mass is 16.5. The first kappa shape index (κ1) is 17.1. The maximum absolute atomic E-state index is 12.0. The summed E-state index contributed by atoms with van der Waals surface area (Å²) in [7, 11) is 0. The van der Waals surface area contributed by atoms with E-state index in [0.29, 0.717) is 41.8 Å². The largest absolute Gasteiger partial charge is 0.486 e. The summed E-state index contributed by atoms with van der Waals surface area (Å²) in [5, 5.41) is 3.97. The maximum atomic E-state index is 12.0. The number of hydrogen-bond donors (Lipinski definition) is 0. The summed E-state index contributed by atoms with van der Waals surface area (Å²) in [5.41, 5.74) is 1.24. The molecule has 1 aliphatic rings. The van der Waals surface area contributed by atoms with Gasteiger partial charge in [0.15, 0.2) is 0 Å². The van der Waals surface area contributed by atoms with Gasteiger partial charge in [-0.1, -0.05) is 31.1 Å². The molecule has 1 aromatic carbocycles. The van der Waals surface area contributed by atoms with Crippen LogP contribution in [0, 0.1) is 5.92 Å². The lowest BCUT2D eigenvalue weighted by Crippen LogP contribution is -2.57. The molecule has 1 fully saturated rings. The van der Waals surface area contributed by atoms with Crippen molar-refractivity contribution in [3.8, 4) is 28.7 Å². The van der Waals surface area contributed by atoms with E-state index < -0.39 is 0 Å². The van der Waals surface area contributed by atoms with Crippen molar-refractivity contribution < 1.29 is 14.1 Å². The van der Waals surface area contributed by atoms with Crippen LogP contribution in [0.1, 0.15) is 13.8 Å². The number of rotatable bonds is 5. The van der Waals surface area contributed by atoms with E-state index in [4.69, 9.17) is 9.26 Å². The number of likely N-dealkylation sites (tertiary alicyclic amines) is 1. The molecule has 0 aliphatic carbocycles. The molecule has 0 atom stereocenters. The third-order valence-corrected chi connectivity index (χ3v) is 4.28. The molecule has 4 rings (SSSR count). The predicted molar refractivity (Wildman–Crippen MR) is 96.6 cm³/mol. The van der Waals surface area contributed by atoms with Crippen molar-refractivity contribution in [3.05, 3.63) is 42.9 Å². The second-order valence-corrected chi connectivity index (χ2v) is 6.65. The molecule has 3 heterocycles. The first-order valence-electron chi connectivity index (χ1n) is 8.76. The molecule has 1 amide bonds. The van der Waals surface area contributed by atoms with Crippen molar-refractivity contribution in [1.82, 2.24) is 25.0 Å². The smallest absolute Gasteiger partial charge is 0.262 e. The van der Waals surface area contributed by atoms with E-state index in [1.807, 2.05) is 38.1 Å². The molecule has 0 radical (unpaired) electrons. The van der Waals surface area contributed by atoms with Crippen LogP contribution in [0.5, 0.6) is 5.75 Å². The summed E-state index contributed by atoms with van der Waals surface area (Å²) >= 11 is 0. The van der Waals surface area contributed by atoms with Crippen LogP contribution in [0.25, 0.3) is 23.0 Å². The van der Waals surface area contributed by atoms with Crippen molar-refractivity contribution >= 4 is 5.91 Å². The predicted octanol–water partition coefficient (Wildman–Crippen LogP) is 2.44. The molecule has 1 aliphatic heterocycles. The molecule has 0 N–H and O–H groups in total. The van der Waals surface area contributed by atoms with Crippen molar-refractivity contribution in [2.75, 3.05) is 13.1 Å². The van der Waals surface area contributed by atoms with Crippen LogP contribution in [0.2, 0.25) is 0 Å². The molecule has 2 aromatic heterocycles. The second-order valence-electron chi connectivity index (χ2n) is 6.65. The van der Waals surface area contributed by atoms with E-state index in [1.165, 1.54) is 0 Å². The number of aromatic nitrogens is 4. The van der Waals surface area contributed by atoms with Gasteiger partial charge in [-0.2, -0.15) is 4.98 Å². The van der Waals surface area contributed by atoms with E-state index >= 15 is 0 Å². The molecule has 0 spiro atoms. The molecular weight excluding hydrogens is 346 g/mol. The first-order valence-corrected chi connectivity index (χ1v) is 8.76. The van der Waals surface area contributed by atoms with Gasteiger partial charge < -0.3 is 14.2 Å². The fourth-order valence-corrected chi connectivity index (χ4v) is 2.83. The monoisotopic (exact) mass is 365 g/mol. The molecule has 0 bridgehead atoms. The van der Waals surface area contributed by atoms with Gasteiger partial charge in [-0.25, -0.2) is 4.98 Å². The Morgan fingerprint density at radius 1 is 1.26 bits per heavy atom. The van der Waals surface area contributed by atoms with E-state index in [1.54, 1.807) is 23.5 Å². The molecule has 138 valence electrons. The number of benzene rings is 1. The SMILES string of the molecule is CC(C)C(=O)N1CC(Oc2ccccc2-c2nc(-c3cnccn3)no2)C1. The standard InChI is InChI=1S/C19H19N5O3/c1-12(2)19(25)24-10-13(11-24)26-16-6-4-3-5-14(16)18-22-17(23-27-18)15-9-20-7-8-21-15/h3-9,12-13H,10-11H2,1-2H3. The molecule has 3 aromatic rings. The fourth-order valence-electron chi connectivity index (χ4n) is 2.83. The number of amides is 1. The Balaban J connectivity index is 1.50. The molecule has 1 saturated heterocycles. The fraction of sp³-hybridized carbons (Fsp3) is 0.316. The van der Waals surface area contributed by atoms with Gasteiger partial charge in [0.05, 0.1) is 24.8 Å². The number of nitrogens with zero attached hydrogens (tertiary/aromatic N) is 5. The van der Waals surface area contributed by atoms with E-state index in [-0.39, 0.29) is 17.9 Å². The highest BCUT2D eigenvalue weighted by Gasteiger charge is 2.33. The van der Waals surface area contributed by atoms with Gasteiger partial charge in [0.2, 0.25) is 11.7 Å². The Morgan fingerprint density at radius 3 is 2.81 bits per heavy atom. The lowest BCUT2D eigenvalue weighted by molar-refractivity contribution is -0.143. The van der Waals surface area contributed by atoms with Gasteiger partial charge in [0.1, 0.15) is 17.5 Å². The van der Waals surface area contributed by atoms with Crippen molar-refractivity contribution in [2.24, 2.45) is 5.92 Å². The zero-order valence-electron chi connectivity index (χ0n) is 15.1. The van der Waals surface area contributed by atoms with E-state index in [2.05, 4.69) is 20.1 Å². The number of carbonyl (C=O) groups excluding carboxylic acids is 1. The quantitative estimate of drug-likeness (QED) is 0.685. The average Bonchev–Trinajstić information content (AvgIpc) is 3.15. The summed E-state index contributed by atoms with van der Waals surface area (Å²) in [6.45, 7) is 4.96. The van der Waals surface area contributed by atoms with Crippen LogP contribution in [-0.2, 0) is 4.79 Å². The van der Waals surface area contributed by atoms with Crippen molar-refractivity contribution in [2.45, 2.75) is 20.0 Å². The van der Waals surface area contributed by atoms with Crippen LogP contribution in [0.3, 0.4) is 0 Å². The normalized spacial score (nSPS) is 14.3. The minimum absolute atomic E-state index is 0.00358. The second kappa shape index (κ2) is 7.14. The Morgan fingerprint density at radius 2 is 2.07 bits per heavy atom. The number of hydrogen-bond acceptors (Lipinski definition) is 7. The Bertz CT molecular complexity index is 935. The maximum Gasteiger partial charge on any atom is 0.262 e. The highest BCUT2D eigenvalue weighted by molar-refractivity contribution is 5.79. The zero-order valence-corrected chi connectivity index (χ0v) is 15.1. The third kappa shape index (κ3) is 3.51. The third-order valence-electron chi connectivity index (χ3n) is 4.28. The lowest BCUT2D eigenvalue weighted by Gasteiger charge is -2.40. The molecule has 8 nitrogen and oxygen atoms in total. The Kier molecular flexibility index (Phi) is 4.53. The summed E-state index contributed by atoms with van der Waals surface area (Å²) in [5.74, 6) is 1.50. The average molecular weight is 365 g/mol. The first-order chi connectivity index (χ1) is 13.1. The van der Waals surface area contributed by atoms with Crippen molar-refractivity contribution in [1.29, 1.82) is 0 Å². The van der Waals surface area contributed by atoms with Gasteiger partial charge in [0, 0.05) is 18.3 Å². The minimum Gasteiger partial charge on any atom is -0.486 e. The van der Waals surface area contributed by atoms with E-state index in [9.17, 15) is 4.79 Å². The number of ether oxygens (including phenoxy) is 1. The molecule has 0 unspecified atom stereocenters. The summed E-state index contributed by atoms with van der Waals surface area (Å²) < 4.78 is 11.5. The van der Waals surface area contributed by atoms with Crippen LogP contribution in [0.15, 0.2) is 47.4 Å². The van der Waals surface area contributed by atoms with E-state index in [0.717, 1.165) is 0 Å². The van der Waals surface area contributed by atoms with Gasteiger partial charge >= 0.3 is 0 Å². The Labute approximate surface area is 156 Å². The topological polar surface area (TPSA) is 94.2 Å². The molecule has 8 heteroatoms.